The van der Waals surface area contributed by atoms with Gasteiger partial charge in [-0.2, -0.15) is 0 Å². The summed E-state index contributed by atoms with van der Waals surface area (Å²) in [6, 6.07) is 0. The van der Waals surface area contributed by atoms with Crippen LogP contribution in [0.4, 0.5) is 4.79 Å². The maximum absolute atomic E-state index is 8.56. The topological polar surface area (TPSA) is 121 Å². The van der Waals surface area contributed by atoms with Gasteiger partial charge >= 0.3 is 25.9 Å². The molecule has 0 fully saturated rings. The largest absolute Gasteiger partial charge is 0 e. The molecular formula is CH9GaO5Zn. The fourth-order valence-corrected chi connectivity index (χ4v) is 0. The van der Waals surface area contributed by atoms with Crippen molar-refractivity contribution in [1.29, 1.82) is 0 Å². The molecule has 0 bridgehead atoms. The van der Waals surface area contributed by atoms with Crippen molar-refractivity contribution in [1.82, 2.24) is 0 Å². The molecule has 8 heavy (non-hydrogen) atoms. The zero-order valence-electron chi connectivity index (χ0n) is 3.51. The predicted octanol–water partition coefficient (Wildman–Crippen LogP) is -2.61. The van der Waals surface area contributed by atoms with E-state index in [1.54, 1.807) is 0 Å². The van der Waals surface area contributed by atoms with Gasteiger partial charge in [-0.1, -0.05) is 0 Å². The molecule has 0 rings (SSSR count). The van der Waals surface area contributed by atoms with Gasteiger partial charge in [0.15, 0.2) is 0 Å². The van der Waals surface area contributed by atoms with E-state index in [4.69, 9.17) is 15.0 Å². The Hall–Kier alpha value is 0.450. The molecule has 0 aliphatic heterocycles. The standard InChI is InChI=1S/CH2O3.Ga.2H2O.Zn.3H/c2-1(3)4;;;;;;;/h(H2,2,3,4);;2*1H2;;;;. The van der Waals surface area contributed by atoms with E-state index in [2.05, 4.69) is 0 Å². The minimum absolute atomic E-state index is 0. The average molecular weight is 236 g/mol. The Kier molecular flexibility index (Phi) is 128. The van der Waals surface area contributed by atoms with Crippen LogP contribution >= 0.6 is 0 Å². The van der Waals surface area contributed by atoms with Crippen LogP contribution in [0, 0.1) is 0 Å². The van der Waals surface area contributed by atoms with Gasteiger partial charge in [-0.05, 0) is 0 Å². The van der Waals surface area contributed by atoms with Gasteiger partial charge < -0.3 is 21.2 Å². The summed E-state index contributed by atoms with van der Waals surface area (Å²) in [6.45, 7) is 0. The number of carbonyl (C=O) groups is 1. The van der Waals surface area contributed by atoms with Gasteiger partial charge in [-0.25, -0.2) is 4.79 Å². The summed E-state index contributed by atoms with van der Waals surface area (Å²) >= 11 is 0. The van der Waals surface area contributed by atoms with Crippen molar-refractivity contribution in [2.75, 3.05) is 0 Å². The van der Waals surface area contributed by atoms with Crippen LogP contribution in [0.2, 0.25) is 0 Å². The van der Waals surface area contributed by atoms with E-state index in [-0.39, 0.29) is 50.2 Å². The van der Waals surface area contributed by atoms with E-state index < -0.39 is 6.16 Å². The molecule has 0 saturated heterocycles. The first-order chi connectivity index (χ1) is 1.73. The first-order valence-corrected chi connectivity index (χ1v) is 0.651. The van der Waals surface area contributed by atoms with Gasteiger partial charge in [0.05, 0.1) is 0 Å². The second-order valence-electron chi connectivity index (χ2n) is 0.283. The number of hydrogen-bond donors (Lipinski definition) is 2. The number of rotatable bonds is 0. The van der Waals surface area contributed by atoms with Gasteiger partial charge in [-0.3, -0.25) is 0 Å². The van der Waals surface area contributed by atoms with Gasteiger partial charge in [0.2, 0.25) is 0 Å². The summed E-state index contributed by atoms with van der Waals surface area (Å²) in [6.07, 6.45) is -1.83. The molecule has 48 valence electrons. The van der Waals surface area contributed by atoms with E-state index >= 15 is 0 Å². The quantitative estimate of drug-likeness (QED) is 0.448. The van der Waals surface area contributed by atoms with Gasteiger partial charge in [0, 0.05) is 19.5 Å². The SMILES string of the molecule is O.O.O=C(O)O.[GaH3].[Zn]. The normalized spacial score (nSPS) is 3.00. The fraction of sp³-hybridized carbons (Fsp3) is 0. The summed E-state index contributed by atoms with van der Waals surface area (Å²) in [4.78, 5) is 8.56. The predicted molar refractivity (Wildman–Crippen MR) is 27.8 cm³/mol. The minimum Gasteiger partial charge on any atom is 0 e. The summed E-state index contributed by atoms with van der Waals surface area (Å²) in [5, 5.41) is 13.9. The summed E-state index contributed by atoms with van der Waals surface area (Å²) in [5.74, 6) is 0. The number of hydrogen-bond acceptors (Lipinski definition) is 1. The van der Waals surface area contributed by atoms with Gasteiger partial charge in [0.1, 0.15) is 0 Å². The Balaban J connectivity index is -0.00000000750. The van der Waals surface area contributed by atoms with Gasteiger partial charge in [0.25, 0.3) is 0 Å². The molecular weight excluding hydrogens is 227 g/mol. The van der Waals surface area contributed by atoms with Crippen molar-refractivity contribution in [3.8, 4) is 0 Å². The average Bonchev–Trinajstić information content (AvgIpc) is 0.811. The molecule has 0 amide bonds. The van der Waals surface area contributed by atoms with Crippen molar-refractivity contribution >= 4 is 25.9 Å². The smallest absolute Gasteiger partial charge is 0 e. The maximum atomic E-state index is 8.56. The van der Waals surface area contributed by atoms with Gasteiger partial charge in [-0.15, -0.1) is 0 Å². The third kappa shape index (κ3) is 947. The second kappa shape index (κ2) is 26.0. The maximum Gasteiger partial charge on any atom is 0 e. The molecule has 0 saturated carbocycles. The fourth-order valence-electron chi connectivity index (χ4n) is 0. The van der Waals surface area contributed by atoms with Crippen LogP contribution in [0.25, 0.3) is 0 Å². The second-order valence-corrected chi connectivity index (χ2v) is 0.283. The van der Waals surface area contributed by atoms with E-state index in [0.29, 0.717) is 0 Å². The van der Waals surface area contributed by atoms with E-state index in [1.165, 1.54) is 0 Å². The van der Waals surface area contributed by atoms with Crippen molar-refractivity contribution < 1.29 is 45.4 Å². The Bertz CT molecular complexity index is 35.4. The van der Waals surface area contributed by atoms with Crippen LogP contribution in [-0.2, 0) is 19.5 Å². The summed E-state index contributed by atoms with van der Waals surface area (Å²) in [7, 11) is 0. The molecule has 0 aliphatic carbocycles. The number of carboxylic acid groups (broad SMARTS) is 2. The van der Waals surface area contributed by atoms with Crippen molar-refractivity contribution in [2.24, 2.45) is 0 Å². The minimum atomic E-state index is -1.83. The third-order valence-corrected chi connectivity index (χ3v) is 0. The molecule has 0 aromatic rings. The first kappa shape index (κ1) is 39.4. The van der Waals surface area contributed by atoms with Crippen LogP contribution < -0.4 is 0 Å². The molecule has 0 radical (unpaired) electrons. The zero-order valence-corrected chi connectivity index (χ0v) is 6.48. The molecule has 0 spiro atoms. The molecule has 7 heteroatoms. The molecule has 0 heterocycles. The van der Waals surface area contributed by atoms with Crippen LogP contribution in [0.5, 0.6) is 0 Å². The molecule has 0 aromatic carbocycles. The Morgan fingerprint density at radius 2 is 1.12 bits per heavy atom. The molecule has 6 N–H and O–H groups in total. The third-order valence-electron chi connectivity index (χ3n) is 0. The van der Waals surface area contributed by atoms with Crippen molar-refractivity contribution in [2.45, 2.75) is 0 Å². The molecule has 0 unspecified atom stereocenters. The summed E-state index contributed by atoms with van der Waals surface area (Å²) in [5.41, 5.74) is 0. The zero-order chi connectivity index (χ0) is 3.58. The van der Waals surface area contributed by atoms with Crippen LogP contribution in [0.15, 0.2) is 0 Å². The molecule has 0 aliphatic rings. The Morgan fingerprint density at radius 3 is 1.12 bits per heavy atom. The van der Waals surface area contributed by atoms with E-state index in [9.17, 15) is 0 Å². The molecule has 5 nitrogen and oxygen atoms in total. The summed E-state index contributed by atoms with van der Waals surface area (Å²) < 4.78 is 0. The van der Waals surface area contributed by atoms with E-state index in [1.807, 2.05) is 0 Å². The van der Waals surface area contributed by atoms with Crippen molar-refractivity contribution in [3.05, 3.63) is 0 Å². The molecule has 0 atom stereocenters. The first-order valence-electron chi connectivity index (χ1n) is 0.651. The van der Waals surface area contributed by atoms with Crippen molar-refractivity contribution in [3.63, 3.8) is 0 Å². The van der Waals surface area contributed by atoms with Crippen LogP contribution in [0.1, 0.15) is 0 Å². The molecule has 0 aromatic heterocycles. The monoisotopic (exact) mass is 234 g/mol. The Morgan fingerprint density at radius 1 is 1.12 bits per heavy atom. The van der Waals surface area contributed by atoms with Crippen LogP contribution in [0.3, 0.4) is 0 Å². The van der Waals surface area contributed by atoms with E-state index in [0.717, 1.165) is 0 Å². The Labute approximate surface area is 71.5 Å². The van der Waals surface area contributed by atoms with Crippen LogP contribution in [-0.4, -0.2) is 47.1 Å².